The third-order valence-corrected chi connectivity index (χ3v) is 9.56. The molecule has 3 aliphatic rings. The topological polar surface area (TPSA) is 6.48 Å². The quantitative estimate of drug-likeness (QED) is 0.288. The Morgan fingerprint density at radius 3 is 1.95 bits per heavy atom. The molecule has 4 aromatic rings. The molecule has 0 amide bonds. The van der Waals surface area contributed by atoms with Crippen LogP contribution in [0.5, 0.6) is 0 Å². The van der Waals surface area contributed by atoms with E-state index in [9.17, 15) is 0 Å². The molecule has 0 spiro atoms. The predicted octanol–water partition coefficient (Wildman–Crippen LogP) is 8.27. The average Bonchev–Trinajstić information content (AvgIpc) is 3.65. The number of benzene rings is 4. The zero-order chi connectivity index (χ0) is 25.0. The Kier molecular flexibility index (Phi) is 5.39. The molecule has 7 rings (SSSR count). The first-order chi connectivity index (χ1) is 18.2. The van der Waals surface area contributed by atoms with Crippen LogP contribution in [-0.2, 0) is 5.41 Å². The Balaban J connectivity index is 1.54. The van der Waals surface area contributed by atoms with Gasteiger partial charge in [0, 0.05) is 16.8 Å². The molecule has 0 aromatic heterocycles. The van der Waals surface area contributed by atoms with Crippen LogP contribution in [-0.4, -0.2) is 12.1 Å². The van der Waals surface area contributed by atoms with Gasteiger partial charge in [-0.2, -0.15) is 0 Å². The van der Waals surface area contributed by atoms with E-state index in [2.05, 4.69) is 133 Å². The minimum absolute atomic E-state index is 0.0295. The summed E-state index contributed by atoms with van der Waals surface area (Å²) < 4.78 is 0. The summed E-state index contributed by atoms with van der Waals surface area (Å²) in [5.41, 5.74) is 8.48. The molecule has 0 N–H and O–H groups in total. The minimum Gasteiger partial charge on any atom is -0.342 e. The molecule has 0 radical (unpaired) electrons. The number of fused-ring (bicyclic) bond motifs is 3. The lowest BCUT2D eigenvalue weighted by atomic mass is 9.61. The molecule has 2 fully saturated rings. The van der Waals surface area contributed by atoms with Gasteiger partial charge in [0.15, 0.2) is 0 Å². The maximum Gasteiger partial charge on any atom is 0.129 e. The van der Waals surface area contributed by atoms with Crippen LogP contribution in [0.4, 0.5) is 11.4 Å². The first kappa shape index (κ1) is 22.7. The highest BCUT2D eigenvalue weighted by Crippen LogP contribution is 2.63. The minimum atomic E-state index is -0.0295. The molecule has 2 heteroatoms. The molecule has 2 aliphatic heterocycles. The largest absolute Gasteiger partial charge is 0.342 e. The van der Waals surface area contributed by atoms with Crippen molar-refractivity contribution in [1.82, 2.24) is 0 Å². The van der Waals surface area contributed by atoms with Gasteiger partial charge in [0.05, 0.1) is 12.1 Å². The molecule has 1 saturated carbocycles. The van der Waals surface area contributed by atoms with E-state index in [1.165, 1.54) is 59.3 Å². The molecule has 1 saturated heterocycles. The zero-order valence-corrected chi connectivity index (χ0v) is 21.9. The number of anilines is 2. The molecule has 0 bridgehead atoms. The lowest BCUT2D eigenvalue weighted by molar-refractivity contribution is 0.276. The van der Waals surface area contributed by atoms with E-state index in [1.54, 1.807) is 0 Å². The Morgan fingerprint density at radius 1 is 0.649 bits per heavy atom. The Bertz CT molecular complexity index is 1390. The molecule has 1 aliphatic carbocycles. The number of hydrogen-bond acceptors (Lipinski definition) is 2. The fraction of sp³-hybridized carbons (Fsp3) is 0.314. The van der Waals surface area contributed by atoms with Gasteiger partial charge < -0.3 is 9.80 Å². The van der Waals surface area contributed by atoms with Crippen LogP contribution in [0.2, 0.25) is 0 Å². The number of rotatable bonds is 4. The van der Waals surface area contributed by atoms with Gasteiger partial charge in [0.1, 0.15) is 6.17 Å². The average molecular weight is 485 g/mol. The first-order valence-electron chi connectivity index (χ1n) is 14.0. The van der Waals surface area contributed by atoms with E-state index in [4.69, 9.17) is 0 Å². The second kappa shape index (κ2) is 8.80. The second-order valence-electron chi connectivity index (χ2n) is 11.3. The van der Waals surface area contributed by atoms with Crippen LogP contribution < -0.4 is 9.80 Å². The smallest absolute Gasteiger partial charge is 0.129 e. The van der Waals surface area contributed by atoms with Crippen molar-refractivity contribution in [3.05, 3.63) is 131 Å². The third-order valence-electron chi connectivity index (χ3n) is 9.56. The van der Waals surface area contributed by atoms with E-state index in [-0.39, 0.29) is 11.6 Å². The Labute approximate surface area is 221 Å². The number of nitrogens with zero attached hydrogens (tertiary/aromatic N) is 2. The summed E-state index contributed by atoms with van der Waals surface area (Å²) in [6.07, 6.45) is 5.44. The maximum absolute atomic E-state index is 2.81. The highest BCUT2D eigenvalue weighted by Gasteiger charge is 2.64. The van der Waals surface area contributed by atoms with Crippen molar-refractivity contribution in [1.29, 1.82) is 0 Å². The molecule has 4 atom stereocenters. The molecule has 37 heavy (non-hydrogen) atoms. The summed E-state index contributed by atoms with van der Waals surface area (Å²) in [5.74, 6) is 0.641. The van der Waals surface area contributed by atoms with E-state index in [0.29, 0.717) is 18.0 Å². The van der Waals surface area contributed by atoms with Gasteiger partial charge >= 0.3 is 0 Å². The van der Waals surface area contributed by atoms with Crippen molar-refractivity contribution in [2.45, 2.75) is 63.2 Å². The number of aryl methyl sites for hydroxylation is 1. The van der Waals surface area contributed by atoms with Crippen molar-refractivity contribution in [3.8, 4) is 0 Å². The number of para-hydroxylation sites is 2. The normalized spacial score (nSPS) is 26.9. The maximum atomic E-state index is 2.81. The molecular weight excluding hydrogens is 448 g/mol. The van der Waals surface area contributed by atoms with Crippen LogP contribution in [0.15, 0.2) is 109 Å². The van der Waals surface area contributed by atoms with E-state index >= 15 is 0 Å². The van der Waals surface area contributed by atoms with Crippen LogP contribution >= 0.6 is 0 Å². The summed E-state index contributed by atoms with van der Waals surface area (Å²) in [5, 5.41) is 0. The highest BCUT2D eigenvalue weighted by atomic mass is 15.5. The van der Waals surface area contributed by atoms with Crippen LogP contribution in [0.3, 0.4) is 0 Å². The molecule has 3 unspecified atom stereocenters. The Morgan fingerprint density at radius 2 is 1.24 bits per heavy atom. The van der Waals surface area contributed by atoms with E-state index in [0.717, 1.165) is 0 Å². The van der Waals surface area contributed by atoms with Gasteiger partial charge in [-0.05, 0) is 67.0 Å². The van der Waals surface area contributed by atoms with E-state index in [1.807, 2.05) is 0 Å². The summed E-state index contributed by atoms with van der Waals surface area (Å²) in [7, 11) is 0. The third kappa shape index (κ3) is 3.18. The van der Waals surface area contributed by atoms with Crippen LogP contribution in [0, 0.1) is 12.8 Å². The summed E-state index contributed by atoms with van der Waals surface area (Å²) >= 11 is 0. The summed E-state index contributed by atoms with van der Waals surface area (Å²) in [4.78, 5) is 5.55. The molecular formula is C35H36N2. The SMILES string of the molecule is Cc1ccccc1N1C(c2ccccc2)N2c3ccccc3C(c3ccccc3)(C3CCCC3)C2[C@@H]1C. The fourth-order valence-electron chi connectivity index (χ4n) is 8.25. The van der Waals surface area contributed by atoms with Gasteiger partial charge in [0.25, 0.3) is 0 Å². The van der Waals surface area contributed by atoms with Gasteiger partial charge in [-0.1, -0.05) is 110 Å². The monoisotopic (exact) mass is 484 g/mol. The number of hydrogen-bond donors (Lipinski definition) is 0. The second-order valence-corrected chi connectivity index (χ2v) is 11.3. The zero-order valence-electron chi connectivity index (χ0n) is 21.9. The lowest BCUT2D eigenvalue weighted by Gasteiger charge is -2.44. The van der Waals surface area contributed by atoms with E-state index < -0.39 is 0 Å². The van der Waals surface area contributed by atoms with Gasteiger partial charge in [0.2, 0.25) is 0 Å². The standard InChI is InChI=1S/C35H36N2/c1-25-15-9-13-23-31(25)36-26(2)33-35(29-20-10-11-21-29,28-18-7-4-8-19-28)30-22-12-14-24-32(30)37(33)34(36)27-16-5-3-6-17-27/h3-9,12-19,22-24,26,29,33-34H,10-11,20-21H2,1-2H3/t26-,33?,34?,35?/m0/s1. The summed E-state index contributed by atoms with van der Waals surface area (Å²) in [6, 6.07) is 41.7. The van der Waals surface area contributed by atoms with Crippen LogP contribution in [0.1, 0.15) is 61.0 Å². The molecule has 2 nitrogen and oxygen atoms in total. The fourth-order valence-corrected chi connectivity index (χ4v) is 8.25. The van der Waals surface area contributed by atoms with Crippen molar-refractivity contribution >= 4 is 11.4 Å². The van der Waals surface area contributed by atoms with Crippen molar-refractivity contribution in [3.63, 3.8) is 0 Å². The molecule has 4 aromatic carbocycles. The van der Waals surface area contributed by atoms with Gasteiger partial charge in [-0.25, -0.2) is 0 Å². The molecule has 2 heterocycles. The Hall–Kier alpha value is -3.52. The first-order valence-corrected chi connectivity index (χ1v) is 14.0. The lowest BCUT2D eigenvalue weighted by Crippen LogP contribution is -2.52. The van der Waals surface area contributed by atoms with Gasteiger partial charge in [-0.3, -0.25) is 0 Å². The molecule has 186 valence electrons. The predicted molar refractivity (Wildman–Crippen MR) is 154 cm³/mol. The van der Waals surface area contributed by atoms with Crippen molar-refractivity contribution in [2.75, 3.05) is 9.80 Å². The van der Waals surface area contributed by atoms with Crippen molar-refractivity contribution in [2.24, 2.45) is 5.92 Å². The van der Waals surface area contributed by atoms with Crippen LogP contribution in [0.25, 0.3) is 0 Å². The van der Waals surface area contributed by atoms with Crippen molar-refractivity contribution < 1.29 is 0 Å². The summed E-state index contributed by atoms with van der Waals surface area (Å²) in [6.45, 7) is 4.76. The van der Waals surface area contributed by atoms with Gasteiger partial charge in [-0.15, -0.1) is 0 Å². The highest BCUT2D eigenvalue weighted by molar-refractivity contribution is 5.75.